The zero-order valence-corrected chi connectivity index (χ0v) is 5.37. The second kappa shape index (κ2) is 2.51. The summed E-state index contributed by atoms with van der Waals surface area (Å²) in [7, 11) is 1.24. The molecule has 0 saturated heterocycles. The van der Waals surface area contributed by atoms with Crippen LogP contribution in [-0.2, 0) is 19.1 Å². The number of carbonyl (C=O) groups excluding carboxylic acids is 2. The Morgan fingerprint density at radius 3 is 2.90 bits per heavy atom. The number of hydrogen-bond acceptors (Lipinski definition) is 4. The van der Waals surface area contributed by atoms with Crippen LogP contribution >= 0.6 is 0 Å². The molecule has 1 aliphatic heterocycles. The van der Waals surface area contributed by atoms with Crippen LogP contribution in [0.4, 0.5) is 0 Å². The molecule has 1 aliphatic rings. The average Bonchev–Trinajstić information content (AvgIpc) is 2.34. The van der Waals surface area contributed by atoms with Gasteiger partial charge in [-0.05, 0) is 6.08 Å². The SMILES string of the molecule is COC(=O)C1C=CC(=O)O1. The van der Waals surface area contributed by atoms with E-state index in [2.05, 4.69) is 9.47 Å². The molecule has 0 amide bonds. The molecular weight excluding hydrogens is 136 g/mol. The Labute approximate surface area is 57.4 Å². The van der Waals surface area contributed by atoms with Crippen molar-refractivity contribution in [2.75, 3.05) is 7.11 Å². The van der Waals surface area contributed by atoms with Crippen molar-refractivity contribution in [2.24, 2.45) is 0 Å². The maximum Gasteiger partial charge on any atom is 0.351 e. The number of esters is 2. The van der Waals surface area contributed by atoms with Gasteiger partial charge in [0.2, 0.25) is 6.10 Å². The number of methoxy groups -OCH3 is 1. The van der Waals surface area contributed by atoms with Crippen molar-refractivity contribution in [3.8, 4) is 0 Å². The van der Waals surface area contributed by atoms with E-state index in [0.717, 1.165) is 0 Å². The lowest BCUT2D eigenvalue weighted by molar-refractivity contribution is -0.157. The Kier molecular flexibility index (Phi) is 1.71. The molecule has 0 aromatic heterocycles. The van der Waals surface area contributed by atoms with Crippen LogP contribution in [0.15, 0.2) is 12.2 Å². The van der Waals surface area contributed by atoms with E-state index in [1.807, 2.05) is 0 Å². The molecule has 0 fully saturated rings. The standard InChI is InChI=1S/C6H6O4/c1-9-6(8)4-2-3-5(7)10-4/h2-4H,1H3. The third-order valence-electron chi connectivity index (χ3n) is 1.08. The minimum atomic E-state index is -0.836. The van der Waals surface area contributed by atoms with Crippen molar-refractivity contribution in [2.45, 2.75) is 6.10 Å². The van der Waals surface area contributed by atoms with Crippen LogP contribution in [0.25, 0.3) is 0 Å². The molecule has 0 aromatic carbocycles. The summed E-state index contributed by atoms with van der Waals surface area (Å²) in [4.78, 5) is 21.0. The monoisotopic (exact) mass is 142 g/mol. The molecule has 0 aromatic rings. The average molecular weight is 142 g/mol. The van der Waals surface area contributed by atoms with E-state index in [9.17, 15) is 9.59 Å². The second-order valence-corrected chi connectivity index (χ2v) is 1.74. The van der Waals surface area contributed by atoms with Crippen molar-refractivity contribution in [3.63, 3.8) is 0 Å². The molecule has 0 bridgehead atoms. The zero-order chi connectivity index (χ0) is 7.56. The quantitative estimate of drug-likeness (QED) is 0.469. The Morgan fingerprint density at radius 1 is 1.80 bits per heavy atom. The molecule has 0 N–H and O–H groups in total. The van der Waals surface area contributed by atoms with Gasteiger partial charge in [-0.25, -0.2) is 9.59 Å². The van der Waals surface area contributed by atoms with Crippen LogP contribution in [-0.4, -0.2) is 25.2 Å². The topological polar surface area (TPSA) is 52.6 Å². The Morgan fingerprint density at radius 2 is 2.50 bits per heavy atom. The van der Waals surface area contributed by atoms with E-state index in [1.165, 1.54) is 19.3 Å². The van der Waals surface area contributed by atoms with Crippen LogP contribution in [0.1, 0.15) is 0 Å². The van der Waals surface area contributed by atoms with Crippen LogP contribution in [0.2, 0.25) is 0 Å². The van der Waals surface area contributed by atoms with Crippen molar-refractivity contribution in [3.05, 3.63) is 12.2 Å². The molecule has 1 heterocycles. The molecule has 4 nitrogen and oxygen atoms in total. The number of rotatable bonds is 1. The van der Waals surface area contributed by atoms with Crippen LogP contribution in [0.3, 0.4) is 0 Å². The molecule has 54 valence electrons. The first-order valence-corrected chi connectivity index (χ1v) is 2.70. The van der Waals surface area contributed by atoms with E-state index in [0.29, 0.717) is 0 Å². The molecule has 0 spiro atoms. The lowest BCUT2D eigenvalue weighted by Gasteiger charge is -2.03. The first kappa shape index (κ1) is 6.80. The molecule has 4 heteroatoms. The summed E-state index contributed by atoms with van der Waals surface area (Å²) in [6.45, 7) is 0. The van der Waals surface area contributed by atoms with Gasteiger partial charge in [-0.1, -0.05) is 0 Å². The van der Waals surface area contributed by atoms with E-state index >= 15 is 0 Å². The second-order valence-electron chi connectivity index (χ2n) is 1.74. The molecule has 0 aliphatic carbocycles. The van der Waals surface area contributed by atoms with E-state index in [-0.39, 0.29) is 0 Å². The molecule has 0 saturated carbocycles. The highest BCUT2D eigenvalue weighted by Crippen LogP contribution is 2.05. The molecule has 10 heavy (non-hydrogen) atoms. The van der Waals surface area contributed by atoms with Gasteiger partial charge in [-0.3, -0.25) is 0 Å². The number of ether oxygens (including phenoxy) is 2. The lowest BCUT2D eigenvalue weighted by atomic mass is 10.3. The first-order valence-electron chi connectivity index (χ1n) is 2.70. The third-order valence-corrected chi connectivity index (χ3v) is 1.08. The van der Waals surface area contributed by atoms with Gasteiger partial charge in [0.15, 0.2) is 0 Å². The van der Waals surface area contributed by atoms with Crippen molar-refractivity contribution < 1.29 is 19.1 Å². The minimum absolute atomic E-state index is 0.504. The third kappa shape index (κ3) is 1.15. The van der Waals surface area contributed by atoms with Crippen molar-refractivity contribution in [1.29, 1.82) is 0 Å². The smallest absolute Gasteiger partial charge is 0.351 e. The van der Waals surface area contributed by atoms with Gasteiger partial charge in [0.05, 0.1) is 7.11 Å². The van der Waals surface area contributed by atoms with Crippen LogP contribution in [0.5, 0.6) is 0 Å². The summed E-state index contributed by atoms with van der Waals surface area (Å²) in [6.07, 6.45) is 1.72. The summed E-state index contributed by atoms with van der Waals surface area (Å²) in [6, 6.07) is 0. The summed E-state index contributed by atoms with van der Waals surface area (Å²) < 4.78 is 8.80. The summed E-state index contributed by atoms with van der Waals surface area (Å²) in [5, 5.41) is 0. The highest BCUT2D eigenvalue weighted by molar-refractivity contribution is 5.91. The summed E-state index contributed by atoms with van der Waals surface area (Å²) >= 11 is 0. The normalized spacial score (nSPS) is 22.5. The van der Waals surface area contributed by atoms with Gasteiger partial charge in [-0.2, -0.15) is 0 Å². The summed E-state index contributed by atoms with van der Waals surface area (Å²) in [5.41, 5.74) is 0. The van der Waals surface area contributed by atoms with Crippen molar-refractivity contribution in [1.82, 2.24) is 0 Å². The fraction of sp³-hybridized carbons (Fsp3) is 0.333. The Hall–Kier alpha value is -1.32. The van der Waals surface area contributed by atoms with Gasteiger partial charge in [-0.15, -0.1) is 0 Å². The molecule has 1 unspecified atom stereocenters. The van der Waals surface area contributed by atoms with Gasteiger partial charge >= 0.3 is 11.9 Å². The van der Waals surface area contributed by atoms with E-state index < -0.39 is 18.0 Å². The fourth-order valence-corrected chi connectivity index (χ4v) is 0.613. The maximum atomic E-state index is 10.6. The first-order chi connectivity index (χ1) is 4.74. The van der Waals surface area contributed by atoms with Gasteiger partial charge in [0, 0.05) is 6.08 Å². The predicted octanol–water partition coefficient (Wildman–Crippen LogP) is -0.359. The highest BCUT2D eigenvalue weighted by Gasteiger charge is 2.24. The van der Waals surface area contributed by atoms with Crippen molar-refractivity contribution >= 4 is 11.9 Å². The lowest BCUT2D eigenvalue weighted by Crippen LogP contribution is -2.21. The Bertz CT molecular complexity index is 194. The predicted molar refractivity (Wildman–Crippen MR) is 31.0 cm³/mol. The number of cyclic esters (lactones) is 1. The molecular formula is C6H6O4. The Balaban J connectivity index is 2.54. The largest absolute Gasteiger partial charge is 0.466 e. The highest BCUT2D eigenvalue weighted by atomic mass is 16.6. The van der Waals surface area contributed by atoms with Gasteiger partial charge < -0.3 is 9.47 Å². The van der Waals surface area contributed by atoms with E-state index in [1.54, 1.807) is 0 Å². The van der Waals surface area contributed by atoms with E-state index in [4.69, 9.17) is 0 Å². The molecule has 1 atom stereocenters. The molecule has 1 rings (SSSR count). The number of hydrogen-bond donors (Lipinski definition) is 0. The minimum Gasteiger partial charge on any atom is -0.466 e. The number of carbonyl (C=O) groups is 2. The summed E-state index contributed by atoms with van der Waals surface area (Å²) in [5.74, 6) is -1.06. The maximum absolute atomic E-state index is 10.6. The zero-order valence-electron chi connectivity index (χ0n) is 5.37. The van der Waals surface area contributed by atoms with Gasteiger partial charge in [0.25, 0.3) is 0 Å². The van der Waals surface area contributed by atoms with Crippen LogP contribution in [0, 0.1) is 0 Å². The fourth-order valence-electron chi connectivity index (χ4n) is 0.613. The van der Waals surface area contributed by atoms with Crippen LogP contribution < -0.4 is 0 Å². The van der Waals surface area contributed by atoms with Gasteiger partial charge in [0.1, 0.15) is 0 Å². The molecule has 0 radical (unpaired) electrons.